The van der Waals surface area contributed by atoms with Crippen LogP contribution in [0.4, 0.5) is 0 Å². The van der Waals surface area contributed by atoms with E-state index in [0.29, 0.717) is 11.1 Å². The summed E-state index contributed by atoms with van der Waals surface area (Å²) in [5.74, 6) is 0.740. The number of carbonyl (C=O) groups is 1. The molecule has 0 aliphatic rings. The lowest BCUT2D eigenvalue weighted by Crippen LogP contribution is -2.02. The van der Waals surface area contributed by atoms with Crippen LogP contribution in [0.3, 0.4) is 0 Å². The van der Waals surface area contributed by atoms with Crippen molar-refractivity contribution in [2.24, 2.45) is 0 Å². The molecule has 0 fully saturated rings. The highest BCUT2D eigenvalue weighted by Crippen LogP contribution is 2.31. The van der Waals surface area contributed by atoms with Crippen LogP contribution < -0.4 is 4.74 Å². The van der Waals surface area contributed by atoms with E-state index in [1.54, 1.807) is 31.4 Å². The molecule has 0 saturated heterocycles. The average Bonchev–Trinajstić information content (AvgIpc) is 3.13. The first-order valence-corrected chi connectivity index (χ1v) is 9.53. The molecule has 0 atom stereocenters. The molecule has 0 radical (unpaired) electrons. The smallest absolute Gasteiger partial charge is 0.193 e. The number of methoxy groups -OCH3 is 1. The molecule has 3 nitrogen and oxygen atoms in total. The van der Waals surface area contributed by atoms with Gasteiger partial charge in [0.1, 0.15) is 5.75 Å². The van der Waals surface area contributed by atoms with Gasteiger partial charge < -0.3 is 9.30 Å². The van der Waals surface area contributed by atoms with Gasteiger partial charge in [0.2, 0.25) is 0 Å². The number of carbonyl (C=O) groups excluding carboxylic acids is 1. The maximum atomic E-state index is 12.8. The van der Waals surface area contributed by atoms with E-state index in [1.165, 1.54) is 10.8 Å². The largest absolute Gasteiger partial charge is 0.497 e. The second-order valence-corrected chi connectivity index (χ2v) is 6.97. The highest BCUT2D eigenvalue weighted by atomic mass is 16.5. The molecule has 29 heavy (non-hydrogen) atoms. The zero-order chi connectivity index (χ0) is 19.8. The number of hydrogen-bond acceptors (Lipinski definition) is 2. The number of ether oxygens (including phenoxy) is 1. The maximum absolute atomic E-state index is 12.8. The summed E-state index contributed by atoms with van der Waals surface area (Å²) in [5, 5.41) is 2.45. The molecule has 5 aromatic rings. The van der Waals surface area contributed by atoms with E-state index in [4.69, 9.17) is 4.74 Å². The van der Waals surface area contributed by atoms with Gasteiger partial charge >= 0.3 is 0 Å². The van der Waals surface area contributed by atoms with E-state index in [0.717, 1.165) is 22.5 Å². The van der Waals surface area contributed by atoms with Crippen LogP contribution in [0.2, 0.25) is 0 Å². The predicted octanol–water partition coefficient (Wildman–Crippen LogP) is 6.02. The fourth-order valence-electron chi connectivity index (χ4n) is 3.87. The fourth-order valence-corrected chi connectivity index (χ4v) is 3.87. The molecule has 0 aliphatic carbocycles. The third-order valence-corrected chi connectivity index (χ3v) is 5.32. The SMILES string of the molecule is COc1ccc(C(=O)c2ccc(-n3c4ccccc4c4ccccc43)cc2)cc1. The molecule has 1 aromatic heterocycles. The van der Waals surface area contributed by atoms with Crippen molar-refractivity contribution in [1.29, 1.82) is 0 Å². The summed E-state index contributed by atoms with van der Waals surface area (Å²) in [6, 6.07) is 31.8. The first-order valence-electron chi connectivity index (χ1n) is 9.53. The van der Waals surface area contributed by atoms with Crippen LogP contribution in [0.5, 0.6) is 5.75 Å². The van der Waals surface area contributed by atoms with Gasteiger partial charge in [-0.2, -0.15) is 0 Å². The Kier molecular flexibility index (Phi) is 4.14. The summed E-state index contributed by atoms with van der Waals surface area (Å²) in [6.45, 7) is 0. The lowest BCUT2D eigenvalue weighted by molar-refractivity contribution is 0.103. The van der Waals surface area contributed by atoms with Gasteiger partial charge in [-0.3, -0.25) is 4.79 Å². The highest BCUT2D eigenvalue weighted by molar-refractivity contribution is 6.10. The zero-order valence-electron chi connectivity index (χ0n) is 16.0. The molecule has 0 saturated carbocycles. The lowest BCUT2D eigenvalue weighted by atomic mass is 10.0. The monoisotopic (exact) mass is 377 g/mol. The van der Waals surface area contributed by atoms with Gasteiger partial charge in [-0.1, -0.05) is 36.4 Å². The van der Waals surface area contributed by atoms with E-state index in [2.05, 4.69) is 53.1 Å². The van der Waals surface area contributed by atoms with Crippen molar-refractivity contribution in [3.63, 3.8) is 0 Å². The molecule has 0 unspecified atom stereocenters. The van der Waals surface area contributed by atoms with E-state index in [1.807, 2.05) is 24.3 Å². The number of para-hydroxylation sites is 2. The van der Waals surface area contributed by atoms with Crippen molar-refractivity contribution in [1.82, 2.24) is 4.57 Å². The van der Waals surface area contributed by atoms with Gasteiger partial charge in [0.25, 0.3) is 0 Å². The van der Waals surface area contributed by atoms with Crippen LogP contribution in [-0.4, -0.2) is 17.5 Å². The Balaban J connectivity index is 1.57. The molecule has 3 heteroatoms. The topological polar surface area (TPSA) is 31.2 Å². The predicted molar refractivity (Wildman–Crippen MR) is 117 cm³/mol. The second-order valence-electron chi connectivity index (χ2n) is 6.97. The molecule has 5 rings (SSSR count). The Morgan fingerprint density at radius 2 is 1.14 bits per heavy atom. The minimum absolute atomic E-state index is 0.00132. The van der Waals surface area contributed by atoms with Crippen molar-refractivity contribution in [2.45, 2.75) is 0 Å². The molecule has 0 amide bonds. The Labute approximate surface area is 168 Å². The molecule has 0 aliphatic heterocycles. The van der Waals surface area contributed by atoms with Crippen LogP contribution in [-0.2, 0) is 0 Å². The molecule has 4 aromatic carbocycles. The van der Waals surface area contributed by atoms with Gasteiger partial charge in [0, 0.05) is 27.6 Å². The fraction of sp³-hybridized carbons (Fsp3) is 0.0385. The standard InChI is InChI=1S/C26H19NO2/c1-29-21-16-12-19(13-17-21)26(28)18-10-14-20(15-11-18)27-24-8-4-2-6-22(24)23-7-3-5-9-25(23)27/h2-17H,1H3. The van der Waals surface area contributed by atoms with E-state index >= 15 is 0 Å². The Hall–Kier alpha value is -3.85. The normalized spacial score (nSPS) is 11.1. The number of fused-ring (bicyclic) bond motifs is 3. The van der Waals surface area contributed by atoms with E-state index in [9.17, 15) is 4.79 Å². The van der Waals surface area contributed by atoms with Crippen molar-refractivity contribution < 1.29 is 9.53 Å². The summed E-state index contributed by atoms with van der Waals surface area (Å²) in [7, 11) is 1.62. The van der Waals surface area contributed by atoms with Gasteiger partial charge in [0.05, 0.1) is 18.1 Å². The van der Waals surface area contributed by atoms with Gasteiger partial charge in [-0.25, -0.2) is 0 Å². The van der Waals surface area contributed by atoms with Crippen LogP contribution >= 0.6 is 0 Å². The minimum Gasteiger partial charge on any atom is -0.497 e. The minimum atomic E-state index is 0.00132. The second kappa shape index (κ2) is 6.95. The molecular formula is C26H19NO2. The quantitative estimate of drug-likeness (QED) is 0.358. The number of rotatable bonds is 4. The third kappa shape index (κ3) is 2.88. The van der Waals surface area contributed by atoms with Gasteiger partial charge in [-0.05, 0) is 60.7 Å². The van der Waals surface area contributed by atoms with Crippen LogP contribution in [0.25, 0.3) is 27.5 Å². The molecular weight excluding hydrogens is 358 g/mol. The number of benzene rings is 4. The zero-order valence-corrected chi connectivity index (χ0v) is 16.0. The molecule has 140 valence electrons. The maximum Gasteiger partial charge on any atom is 0.193 e. The number of ketones is 1. The summed E-state index contributed by atoms with van der Waals surface area (Å²) in [4.78, 5) is 12.8. The number of nitrogens with zero attached hydrogens (tertiary/aromatic N) is 1. The Morgan fingerprint density at radius 3 is 1.66 bits per heavy atom. The summed E-state index contributed by atoms with van der Waals surface area (Å²) < 4.78 is 7.41. The van der Waals surface area contributed by atoms with Crippen molar-refractivity contribution in [2.75, 3.05) is 7.11 Å². The summed E-state index contributed by atoms with van der Waals surface area (Å²) >= 11 is 0. The van der Waals surface area contributed by atoms with Gasteiger partial charge in [-0.15, -0.1) is 0 Å². The lowest BCUT2D eigenvalue weighted by Gasteiger charge is -2.09. The van der Waals surface area contributed by atoms with Crippen LogP contribution in [0.1, 0.15) is 15.9 Å². The third-order valence-electron chi connectivity index (χ3n) is 5.32. The first kappa shape index (κ1) is 17.3. The van der Waals surface area contributed by atoms with Crippen LogP contribution in [0, 0.1) is 0 Å². The summed E-state index contributed by atoms with van der Waals surface area (Å²) in [5.41, 5.74) is 4.66. The molecule has 0 bridgehead atoms. The Bertz CT molecular complexity index is 1280. The number of hydrogen-bond donors (Lipinski definition) is 0. The van der Waals surface area contributed by atoms with Crippen molar-refractivity contribution in [3.8, 4) is 11.4 Å². The van der Waals surface area contributed by atoms with Crippen molar-refractivity contribution >= 4 is 27.6 Å². The summed E-state index contributed by atoms with van der Waals surface area (Å²) in [6.07, 6.45) is 0. The van der Waals surface area contributed by atoms with E-state index in [-0.39, 0.29) is 5.78 Å². The molecule has 0 N–H and O–H groups in total. The van der Waals surface area contributed by atoms with E-state index < -0.39 is 0 Å². The number of aromatic nitrogens is 1. The van der Waals surface area contributed by atoms with Crippen molar-refractivity contribution in [3.05, 3.63) is 108 Å². The highest BCUT2D eigenvalue weighted by Gasteiger charge is 2.13. The first-order chi connectivity index (χ1) is 14.3. The molecule has 1 heterocycles. The average molecular weight is 377 g/mol. The van der Waals surface area contributed by atoms with Gasteiger partial charge in [0.15, 0.2) is 5.78 Å². The molecule has 0 spiro atoms. The Morgan fingerprint density at radius 1 is 0.655 bits per heavy atom. The van der Waals surface area contributed by atoms with Crippen LogP contribution in [0.15, 0.2) is 97.1 Å².